The third-order valence-electron chi connectivity index (χ3n) is 5.01. The minimum absolute atomic E-state index is 0.145. The van der Waals surface area contributed by atoms with Crippen molar-refractivity contribution in [2.45, 2.75) is 19.4 Å². The first kappa shape index (κ1) is 14.2. The van der Waals surface area contributed by atoms with Crippen molar-refractivity contribution in [3.8, 4) is 28.1 Å². The SMILES string of the molecule is O=c1[nH][nH]c(-c2cn3c4c(cccc24)CCC3)c1-c1cccc(O)c1. The molecule has 0 fully saturated rings. The summed E-state index contributed by atoms with van der Waals surface area (Å²) in [6, 6.07) is 13.2. The monoisotopic (exact) mass is 331 g/mol. The molecule has 3 N–H and O–H groups in total. The first-order valence-corrected chi connectivity index (χ1v) is 8.43. The second kappa shape index (κ2) is 5.14. The molecule has 0 unspecified atom stereocenters. The number of nitrogens with zero attached hydrogens (tertiary/aromatic N) is 1. The Bertz CT molecular complexity index is 1160. The van der Waals surface area contributed by atoms with Crippen LogP contribution in [0.15, 0.2) is 53.5 Å². The van der Waals surface area contributed by atoms with E-state index in [0.29, 0.717) is 11.1 Å². The van der Waals surface area contributed by atoms with E-state index in [0.717, 1.165) is 36.0 Å². The second-order valence-corrected chi connectivity index (χ2v) is 6.53. The smallest absolute Gasteiger partial charge is 0.272 e. The zero-order valence-corrected chi connectivity index (χ0v) is 13.5. The van der Waals surface area contributed by atoms with Gasteiger partial charge in [0.05, 0.1) is 16.8 Å². The van der Waals surface area contributed by atoms with Crippen LogP contribution >= 0.6 is 0 Å². The Morgan fingerprint density at radius 1 is 1.08 bits per heavy atom. The highest BCUT2D eigenvalue weighted by molar-refractivity contribution is 6.00. The van der Waals surface area contributed by atoms with E-state index in [4.69, 9.17) is 0 Å². The molecule has 25 heavy (non-hydrogen) atoms. The number of phenolic OH excluding ortho intramolecular Hbond substituents is 1. The standard InChI is InChI=1S/C20H17N3O2/c24-14-7-1-5-13(10-14)17-18(21-22-20(17)25)16-11-23-9-3-6-12-4-2-8-15(16)19(12)23/h1-2,4-5,7-8,10-11,24H,3,6,9H2,(H2,21,22,25). The maximum Gasteiger partial charge on any atom is 0.272 e. The van der Waals surface area contributed by atoms with E-state index >= 15 is 0 Å². The van der Waals surface area contributed by atoms with Crippen LogP contribution in [0.2, 0.25) is 0 Å². The molecular weight excluding hydrogens is 314 g/mol. The highest BCUT2D eigenvalue weighted by Crippen LogP contribution is 2.37. The molecule has 0 saturated heterocycles. The first-order chi connectivity index (χ1) is 12.2. The Labute approximate surface area is 143 Å². The Balaban J connectivity index is 1.81. The lowest BCUT2D eigenvalue weighted by molar-refractivity contribution is 0.475. The lowest BCUT2D eigenvalue weighted by Crippen LogP contribution is -2.05. The summed E-state index contributed by atoms with van der Waals surface area (Å²) in [6.45, 7) is 0.990. The van der Waals surface area contributed by atoms with Crippen molar-refractivity contribution in [3.05, 3.63) is 64.6 Å². The van der Waals surface area contributed by atoms with Crippen molar-refractivity contribution in [2.24, 2.45) is 0 Å². The molecular formula is C20H17N3O2. The molecule has 0 radical (unpaired) electrons. The summed E-state index contributed by atoms with van der Waals surface area (Å²) in [4.78, 5) is 12.4. The molecule has 0 atom stereocenters. The summed E-state index contributed by atoms with van der Waals surface area (Å²) in [5.74, 6) is 0.145. The number of aromatic amines is 2. The Morgan fingerprint density at radius 3 is 2.84 bits per heavy atom. The van der Waals surface area contributed by atoms with Crippen LogP contribution in [-0.4, -0.2) is 19.9 Å². The Morgan fingerprint density at radius 2 is 1.96 bits per heavy atom. The molecule has 0 spiro atoms. The molecule has 1 aliphatic rings. The average Bonchev–Trinajstić information content (AvgIpc) is 3.18. The van der Waals surface area contributed by atoms with Crippen molar-refractivity contribution in [1.29, 1.82) is 0 Å². The van der Waals surface area contributed by atoms with Gasteiger partial charge in [0.15, 0.2) is 0 Å². The van der Waals surface area contributed by atoms with E-state index in [1.165, 1.54) is 11.1 Å². The van der Waals surface area contributed by atoms with Gasteiger partial charge in [-0.15, -0.1) is 0 Å². The number of aryl methyl sites for hydroxylation is 2. The van der Waals surface area contributed by atoms with Crippen LogP contribution in [0.4, 0.5) is 0 Å². The molecule has 5 rings (SSSR count). The van der Waals surface area contributed by atoms with Gasteiger partial charge in [0, 0.05) is 23.7 Å². The Kier molecular flexibility index (Phi) is 2.91. The van der Waals surface area contributed by atoms with E-state index in [1.807, 2.05) is 6.07 Å². The average molecular weight is 331 g/mol. The number of aromatic hydroxyl groups is 1. The summed E-state index contributed by atoms with van der Waals surface area (Å²) in [5, 5.41) is 16.7. The number of H-pyrrole nitrogens is 2. The molecule has 0 bridgehead atoms. The van der Waals surface area contributed by atoms with Gasteiger partial charge in [-0.3, -0.25) is 15.0 Å². The van der Waals surface area contributed by atoms with Gasteiger partial charge >= 0.3 is 0 Å². The topological polar surface area (TPSA) is 73.8 Å². The summed E-state index contributed by atoms with van der Waals surface area (Å²) in [5.41, 5.74) is 5.45. The molecule has 5 heteroatoms. The first-order valence-electron chi connectivity index (χ1n) is 8.43. The lowest BCUT2D eigenvalue weighted by Gasteiger charge is -2.14. The maximum absolute atomic E-state index is 12.4. The van der Waals surface area contributed by atoms with Crippen molar-refractivity contribution in [3.63, 3.8) is 0 Å². The van der Waals surface area contributed by atoms with Crippen LogP contribution in [0.5, 0.6) is 5.75 Å². The van der Waals surface area contributed by atoms with Gasteiger partial charge in [0.2, 0.25) is 0 Å². The summed E-state index contributed by atoms with van der Waals surface area (Å²) in [6.07, 6.45) is 4.34. The maximum atomic E-state index is 12.4. The van der Waals surface area contributed by atoms with Crippen molar-refractivity contribution in [2.75, 3.05) is 0 Å². The molecule has 5 nitrogen and oxygen atoms in total. The summed E-state index contributed by atoms with van der Waals surface area (Å²) < 4.78 is 2.28. The molecule has 0 amide bonds. The predicted octanol–water partition coefficient (Wildman–Crippen LogP) is 3.64. The van der Waals surface area contributed by atoms with Crippen molar-refractivity contribution in [1.82, 2.24) is 14.8 Å². The van der Waals surface area contributed by atoms with Crippen LogP contribution in [-0.2, 0) is 13.0 Å². The fourth-order valence-electron chi connectivity index (χ4n) is 3.95. The van der Waals surface area contributed by atoms with Gasteiger partial charge in [-0.25, -0.2) is 0 Å². The number of benzene rings is 2. The van der Waals surface area contributed by atoms with Gasteiger partial charge in [-0.2, -0.15) is 0 Å². The zero-order chi connectivity index (χ0) is 17.0. The van der Waals surface area contributed by atoms with E-state index in [-0.39, 0.29) is 11.3 Å². The Hall–Kier alpha value is -3.21. The van der Waals surface area contributed by atoms with Crippen LogP contribution in [0.3, 0.4) is 0 Å². The molecule has 2 aromatic heterocycles. The van der Waals surface area contributed by atoms with E-state index < -0.39 is 0 Å². The summed E-state index contributed by atoms with van der Waals surface area (Å²) in [7, 11) is 0. The van der Waals surface area contributed by atoms with E-state index in [9.17, 15) is 9.90 Å². The number of rotatable bonds is 2. The number of aromatic nitrogens is 3. The fraction of sp³-hybridized carbons (Fsp3) is 0.150. The van der Waals surface area contributed by atoms with Gasteiger partial charge in [-0.05, 0) is 36.1 Å². The zero-order valence-electron chi connectivity index (χ0n) is 13.5. The third-order valence-corrected chi connectivity index (χ3v) is 5.01. The molecule has 3 heterocycles. The molecule has 1 aliphatic heterocycles. The minimum atomic E-state index is -0.187. The molecule has 2 aromatic carbocycles. The number of nitrogens with one attached hydrogen (secondary N) is 2. The van der Waals surface area contributed by atoms with Crippen LogP contribution in [0.1, 0.15) is 12.0 Å². The lowest BCUT2D eigenvalue weighted by atomic mass is 9.99. The van der Waals surface area contributed by atoms with Crippen molar-refractivity contribution < 1.29 is 5.11 Å². The molecule has 0 aliphatic carbocycles. The van der Waals surface area contributed by atoms with Gasteiger partial charge < -0.3 is 9.67 Å². The molecule has 4 aromatic rings. The van der Waals surface area contributed by atoms with E-state index in [1.54, 1.807) is 18.2 Å². The molecule has 124 valence electrons. The third kappa shape index (κ3) is 2.05. The summed E-state index contributed by atoms with van der Waals surface area (Å²) >= 11 is 0. The van der Waals surface area contributed by atoms with Gasteiger partial charge in [0.25, 0.3) is 5.56 Å². The van der Waals surface area contributed by atoms with Crippen LogP contribution < -0.4 is 5.56 Å². The fourth-order valence-corrected chi connectivity index (χ4v) is 3.95. The van der Waals surface area contributed by atoms with Gasteiger partial charge in [0.1, 0.15) is 5.75 Å². The second-order valence-electron chi connectivity index (χ2n) is 6.53. The van der Waals surface area contributed by atoms with Crippen LogP contribution in [0.25, 0.3) is 33.3 Å². The highest BCUT2D eigenvalue weighted by atomic mass is 16.3. The van der Waals surface area contributed by atoms with Crippen molar-refractivity contribution >= 4 is 10.9 Å². The number of phenols is 1. The van der Waals surface area contributed by atoms with Crippen LogP contribution in [0, 0.1) is 0 Å². The minimum Gasteiger partial charge on any atom is -0.508 e. The number of hydrogen-bond donors (Lipinski definition) is 3. The predicted molar refractivity (Wildman–Crippen MR) is 97.8 cm³/mol. The normalized spacial score (nSPS) is 13.4. The molecule has 0 saturated carbocycles. The van der Waals surface area contributed by atoms with Gasteiger partial charge in [-0.1, -0.05) is 30.3 Å². The van der Waals surface area contributed by atoms with E-state index in [2.05, 4.69) is 39.2 Å². The quantitative estimate of drug-likeness (QED) is 0.524. The largest absolute Gasteiger partial charge is 0.508 e. The highest BCUT2D eigenvalue weighted by Gasteiger charge is 2.21. The number of para-hydroxylation sites is 1. The number of hydrogen-bond acceptors (Lipinski definition) is 2.